The van der Waals surface area contributed by atoms with E-state index in [0.29, 0.717) is 28.4 Å². The lowest BCUT2D eigenvalue weighted by Gasteiger charge is -2.09. The van der Waals surface area contributed by atoms with E-state index in [4.69, 9.17) is 16.6 Å². The van der Waals surface area contributed by atoms with Gasteiger partial charge in [0, 0.05) is 5.69 Å². The molecule has 42 heavy (non-hydrogen) atoms. The predicted octanol–water partition coefficient (Wildman–Crippen LogP) is 7.36. The normalized spacial score (nSPS) is 12.1. The van der Waals surface area contributed by atoms with Crippen molar-refractivity contribution in [3.63, 3.8) is 0 Å². The first-order valence-corrected chi connectivity index (χ1v) is 13.5. The van der Waals surface area contributed by atoms with Crippen molar-refractivity contribution < 1.29 is 28.0 Å². The first-order valence-electron chi connectivity index (χ1n) is 12.0. The molecule has 14 nitrogen and oxygen atoms in total. The quantitative estimate of drug-likeness (QED) is 0.0788. The van der Waals surface area contributed by atoms with Crippen molar-refractivity contribution in [1.29, 1.82) is 0 Å². The Morgan fingerprint density at radius 2 is 1.21 bits per heavy atom. The van der Waals surface area contributed by atoms with E-state index >= 15 is 0 Å². The van der Waals surface area contributed by atoms with Crippen LogP contribution in [0.2, 0.25) is 0 Å². The molecule has 15 heteroatoms. The van der Waals surface area contributed by atoms with Gasteiger partial charge in [-0.15, -0.1) is 10.2 Å². The van der Waals surface area contributed by atoms with Crippen LogP contribution in [0.1, 0.15) is 21.5 Å². The molecule has 0 aromatic heterocycles. The Labute approximate surface area is 239 Å². The number of rotatable bonds is 8. The van der Waals surface area contributed by atoms with E-state index in [-0.39, 0.29) is 33.9 Å². The van der Waals surface area contributed by atoms with Crippen molar-refractivity contribution in [1.82, 2.24) is 0 Å². The first kappa shape index (κ1) is 29.4. The molecule has 4 aromatic carbocycles. The van der Waals surface area contributed by atoms with Gasteiger partial charge in [0.1, 0.15) is 27.6 Å². The molecule has 0 atom stereocenters. The number of benzene rings is 4. The summed E-state index contributed by atoms with van der Waals surface area (Å²) in [6.45, 7) is 3.23. The zero-order chi connectivity index (χ0) is 30.6. The number of hydrogen-bond acceptors (Lipinski definition) is 12. The number of aromatic hydroxyl groups is 1. The van der Waals surface area contributed by atoms with Crippen LogP contribution in [0.5, 0.6) is 5.75 Å². The summed E-state index contributed by atoms with van der Waals surface area (Å²) < 4.78 is 34.4. The van der Waals surface area contributed by atoms with Crippen LogP contribution in [0.15, 0.2) is 102 Å². The largest absolute Gasteiger partial charge is 0.507 e. The Morgan fingerprint density at radius 3 is 1.83 bits per heavy atom. The summed E-state index contributed by atoms with van der Waals surface area (Å²) in [6, 6.07) is 16.0. The lowest BCUT2D eigenvalue weighted by atomic mass is 10.1. The first-order chi connectivity index (χ1) is 19.8. The highest BCUT2D eigenvalue weighted by Gasteiger charge is 2.21. The highest BCUT2D eigenvalue weighted by Crippen LogP contribution is 2.37. The molecule has 0 radical (unpaired) electrons. The van der Waals surface area contributed by atoms with E-state index < -0.39 is 21.0 Å². The Bertz CT molecular complexity index is 1890. The average molecular weight is 589 g/mol. The van der Waals surface area contributed by atoms with Crippen LogP contribution in [0.4, 0.5) is 45.5 Å². The van der Waals surface area contributed by atoms with Crippen LogP contribution in [0.25, 0.3) is 0 Å². The zero-order valence-electron chi connectivity index (χ0n) is 22.2. The van der Waals surface area contributed by atoms with Gasteiger partial charge in [-0.3, -0.25) is 4.55 Å². The zero-order valence-corrected chi connectivity index (χ0v) is 23.0. The Balaban J connectivity index is 1.57. The van der Waals surface area contributed by atoms with Gasteiger partial charge < -0.3 is 21.7 Å². The second-order valence-electron chi connectivity index (χ2n) is 8.92. The molecule has 0 saturated heterocycles. The molecule has 0 bridgehead atoms. The Kier molecular flexibility index (Phi) is 8.35. The topological polar surface area (TPSA) is 238 Å². The maximum Gasteiger partial charge on any atom is 0.339 e. The van der Waals surface area contributed by atoms with E-state index in [9.17, 15) is 22.9 Å². The summed E-state index contributed by atoms with van der Waals surface area (Å²) in [4.78, 5) is 10.7. The minimum atomic E-state index is -4.72. The number of phenols is 1. The molecule has 0 aliphatic heterocycles. The minimum Gasteiger partial charge on any atom is -0.507 e. The van der Waals surface area contributed by atoms with E-state index in [1.807, 2.05) is 0 Å². The predicted molar refractivity (Wildman–Crippen MR) is 155 cm³/mol. The summed E-state index contributed by atoms with van der Waals surface area (Å²) >= 11 is 0. The molecule has 214 valence electrons. The molecule has 0 unspecified atom stereocenters. The molecular formula is C27H24N8O6S. The van der Waals surface area contributed by atoms with Gasteiger partial charge in [-0.05, 0) is 91.7 Å². The summed E-state index contributed by atoms with van der Waals surface area (Å²) in [5.41, 5.74) is 14.4. The molecular weight excluding hydrogens is 564 g/mol. The number of nitrogens with two attached hydrogens (primary N) is 2. The fraction of sp³-hybridized carbons (Fsp3) is 0.0741. The van der Waals surface area contributed by atoms with Gasteiger partial charge in [-0.25, -0.2) is 4.79 Å². The third-order valence-electron chi connectivity index (χ3n) is 5.91. The number of nitrogens with zero attached hydrogens (tertiary/aromatic N) is 6. The highest BCUT2D eigenvalue weighted by atomic mass is 32.2. The number of anilines is 2. The Hall–Kier alpha value is -5.54. The van der Waals surface area contributed by atoms with Crippen molar-refractivity contribution in [3.05, 3.63) is 83.4 Å². The second-order valence-corrected chi connectivity index (χ2v) is 10.3. The Morgan fingerprint density at radius 1 is 0.690 bits per heavy atom. The van der Waals surface area contributed by atoms with Gasteiger partial charge in [0.2, 0.25) is 0 Å². The maximum atomic E-state index is 12.2. The van der Waals surface area contributed by atoms with Crippen molar-refractivity contribution in [2.45, 2.75) is 18.7 Å². The number of hydrogen-bond donors (Lipinski definition) is 5. The summed E-state index contributed by atoms with van der Waals surface area (Å²) in [5.74, 6) is -1.69. The number of aromatic carboxylic acids is 1. The molecule has 0 aliphatic carbocycles. The van der Waals surface area contributed by atoms with Crippen molar-refractivity contribution >= 4 is 61.6 Å². The number of carboxylic acids is 1. The smallest absolute Gasteiger partial charge is 0.339 e. The lowest BCUT2D eigenvalue weighted by Crippen LogP contribution is -2.01. The van der Waals surface area contributed by atoms with Gasteiger partial charge in [-0.2, -0.15) is 28.9 Å². The fourth-order valence-electron chi connectivity index (χ4n) is 3.67. The van der Waals surface area contributed by atoms with Gasteiger partial charge in [0.15, 0.2) is 0 Å². The molecule has 0 saturated carbocycles. The van der Waals surface area contributed by atoms with Crippen LogP contribution in [0, 0.1) is 13.8 Å². The highest BCUT2D eigenvalue weighted by molar-refractivity contribution is 7.86. The summed E-state index contributed by atoms with van der Waals surface area (Å²) in [5, 5.41) is 42.9. The van der Waals surface area contributed by atoms with Crippen LogP contribution < -0.4 is 11.5 Å². The van der Waals surface area contributed by atoms with Crippen LogP contribution >= 0.6 is 0 Å². The number of azo groups is 3. The second kappa shape index (κ2) is 11.9. The van der Waals surface area contributed by atoms with Gasteiger partial charge >= 0.3 is 5.97 Å². The minimum absolute atomic E-state index is 0.0967. The van der Waals surface area contributed by atoms with Gasteiger partial charge in [0.05, 0.1) is 28.4 Å². The van der Waals surface area contributed by atoms with Crippen LogP contribution in [-0.4, -0.2) is 29.2 Å². The SMILES string of the molecule is Cc1cc(/N=N/c2ccc(/N=N/c3ccc(/N=N/c4ccc(O)c(C(=O)O)c4)cc3)c(S(=O)(=O)O)c2C)c(N)cc1N. The summed E-state index contributed by atoms with van der Waals surface area (Å²) in [6.07, 6.45) is 0. The summed E-state index contributed by atoms with van der Waals surface area (Å²) in [7, 11) is -4.72. The molecule has 0 aliphatic rings. The average Bonchev–Trinajstić information content (AvgIpc) is 2.93. The van der Waals surface area contributed by atoms with Crippen molar-refractivity contribution in [2.24, 2.45) is 30.7 Å². The van der Waals surface area contributed by atoms with E-state index in [1.54, 1.807) is 43.3 Å². The fourth-order valence-corrected chi connectivity index (χ4v) is 4.54. The monoisotopic (exact) mass is 588 g/mol. The third-order valence-corrected chi connectivity index (χ3v) is 6.94. The van der Waals surface area contributed by atoms with Crippen LogP contribution in [0.3, 0.4) is 0 Å². The molecule has 0 fully saturated rings. The molecule has 4 aromatic rings. The van der Waals surface area contributed by atoms with Gasteiger partial charge in [-0.1, -0.05) is 0 Å². The molecule has 4 rings (SSSR count). The molecule has 0 amide bonds. The van der Waals surface area contributed by atoms with E-state index in [0.717, 1.165) is 5.56 Å². The molecule has 7 N–H and O–H groups in total. The third kappa shape index (κ3) is 6.78. The molecule has 0 spiro atoms. The molecule has 0 heterocycles. The van der Waals surface area contributed by atoms with E-state index in [2.05, 4.69) is 30.7 Å². The standard InChI is InChI=1S/C27H24N8O6S/c1-14-11-24(21(29)13-20(14)28)35-33-22-8-9-23(26(15(22)2)42(39,40)41)34-31-17-5-3-16(4-6-17)30-32-18-7-10-25(36)19(12-18)27(37)38/h3-13,36H,28-29H2,1-2H3,(H,37,38)(H,39,40,41)/b32-30+,34-31+,35-33+. The maximum absolute atomic E-state index is 12.2. The lowest BCUT2D eigenvalue weighted by molar-refractivity contribution is 0.0693. The van der Waals surface area contributed by atoms with Gasteiger partial charge in [0.25, 0.3) is 10.1 Å². The number of aryl methyl sites for hydroxylation is 1. The number of carboxylic acid groups (broad SMARTS) is 1. The van der Waals surface area contributed by atoms with Crippen molar-refractivity contribution in [3.8, 4) is 5.75 Å². The number of carbonyl (C=O) groups is 1. The van der Waals surface area contributed by atoms with E-state index in [1.165, 1.54) is 37.3 Å². The van der Waals surface area contributed by atoms with Crippen LogP contribution in [-0.2, 0) is 10.1 Å². The van der Waals surface area contributed by atoms with Crippen molar-refractivity contribution in [2.75, 3.05) is 11.5 Å². The number of nitrogen functional groups attached to an aromatic ring is 2.